The smallest absolute Gasteiger partial charge is 0.341 e. The highest BCUT2D eigenvalue weighted by Crippen LogP contribution is 2.21. The zero-order chi connectivity index (χ0) is 16.0. The number of nitro benzene ring substituents is 1. The number of esters is 1. The highest BCUT2D eigenvalue weighted by molar-refractivity contribution is 6.20. The first-order chi connectivity index (χ1) is 9.82. The molecule has 0 amide bonds. The maximum absolute atomic E-state index is 11.9. The molecule has 0 saturated heterocycles. The van der Waals surface area contributed by atoms with E-state index in [0.29, 0.717) is 0 Å². The van der Waals surface area contributed by atoms with Gasteiger partial charge in [-0.2, -0.15) is 0 Å². The van der Waals surface area contributed by atoms with Gasteiger partial charge in [-0.05, 0) is 25.0 Å². The summed E-state index contributed by atoms with van der Waals surface area (Å²) in [4.78, 5) is 33.8. The fourth-order valence-corrected chi connectivity index (χ4v) is 1.56. The van der Waals surface area contributed by atoms with Gasteiger partial charge in [-0.25, -0.2) is 4.79 Å². The summed E-state index contributed by atoms with van der Waals surface area (Å²) in [5.41, 5.74) is -0.188. The van der Waals surface area contributed by atoms with Gasteiger partial charge in [-0.15, -0.1) is 0 Å². The van der Waals surface area contributed by atoms with E-state index in [2.05, 4.69) is 0 Å². The quantitative estimate of drug-likeness (QED) is 0.201. The Morgan fingerprint density at radius 1 is 1.33 bits per heavy atom. The summed E-state index contributed by atoms with van der Waals surface area (Å²) < 4.78 is 5.00. The van der Waals surface area contributed by atoms with Crippen molar-refractivity contribution in [2.45, 2.75) is 20.8 Å². The number of nitro groups is 1. The SMILES string of the molecule is CC(=O)/C(=C\c1ccccc1[N+](=O)[O-])C(=O)OCC(C)C. The minimum Gasteiger partial charge on any atom is -0.462 e. The number of Topliss-reactive ketones (excluding diaryl/α,β-unsaturated/α-hetero) is 1. The topological polar surface area (TPSA) is 86.5 Å². The lowest BCUT2D eigenvalue weighted by Crippen LogP contribution is -2.16. The predicted octanol–water partition coefficient (Wildman–Crippen LogP) is 2.77. The minimum absolute atomic E-state index is 0.133. The summed E-state index contributed by atoms with van der Waals surface area (Å²) in [5, 5.41) is 10.9. The van der Waals surface area contributed by atoms with E-state index in [9.17, 15) is 19.7 Å². The van der Waals surface area contributed by atoms with Crippen molar-refractivity contribution in [1.82, 2.24) is 0 Å². The number of carbonyl (C=O) groups excluding carboxylic acids is 2. The van der Waals surface area contributed by atoms with Gasteiger partial charge in [0.25, 0.3) is 5.69 Å². The first kappa shape index (κ1) is 16.6. The highest BCUT2D eigenvalue weighted by Gasteiger charge is 2.19. The first-order valence-electron chi connectivity index (χ1n) is 6.46. The highest BCUT2D eigenvalue weighted by atomic mass is 16.6. The van der Waals surface area contributed by atoms with Gasteiger partial charge in [0.2, 0.25) is 0 Å². The van der Waals surface area contributed by atoms with E-state index in [1.807, 2.05) is 13.8 Å². The first-order valence-corrected chi connectivity index (χ1v) is 6.46. The number of benzene rings is 1. The molecule has 0 unspecified atom stereocenters. The Balaban J connectivity index is 3.14. The third-order valence-electron chi connectivity index (χ3n) is 2.58. The minimum atomic E-state index is -0.769. The molecule has 0 saturated carbocycles. The van der Waals surface area contributed by atoms with Crippen molar-refractivity contribution < 1.29 is 19.2 Å². The standard InChI is InChI=1S/C15H17NO5/c1-10(2)9-21-15(18)13(11(3)17)8-12-6-4-5-7-14(12)16(19)20/h4-8,10H,9H2,1-3H3/b13-8+. The number of hydrogen-bond donors (Lipinski definition) is 0. The number of hydrogen-bond acceptors (Lipinski definition) is 5. The van der Waals surface area contributed by atoms with Gasteiger partial charge in [0.1, 0.15) is 5.57 Å². The fraction of sp³-hybridized carbons (Fsp3) is 0.333. The molecule has 112 valence electrons. The molecule has 1 aromatic carbocycles. The molecule has 6 nitrogen and oxygen atoms in total. The molecule has 0 bridgehead atoms. The molecule has 0 aromatic heterocycles. The number of ketones is 1. The van der Waals surface area contributed by atoms with Crippen LogP contribution in [0.4, 0.5) is 5.69 Å². The van der Waals surface area contributed by atoms with Gasteiger partial charge in [-0.1, -0.05) is 26.0 Å². The molecule has 0 atom stereocenters. The summed E-state index contributed by atoms with van der Waals surface area (Å²) in [6, 6.07) is 5.88. The summed E-state index contributed by atoms with van der Waals surface area (Å²) in [6.07, 6.45) is 1.20. The Hall–Kier alpha value is -2.50. The van der Waals surface area contributed by atoms with E-state index < -0.39 is 16.7 Å². The Bertz CT molecular complexity index is 589. The van der Waals surface area contributed by atoms with Crippen molar-refractivity contribution in [2.24, 2.45) is 5.92 Å². The predicted molar refractivity (Wildman–Crippen MR) is 77.6 cm³/mol. The van der Waals surface area contributed by atoms with Gasteiger partial charge in [-0.3, -0.25) is 14.9 Å². The summed E-state index contributed by atoms with van der Waals surface area (Å²) >= 11 is 0. The van der Waals surface area contributed by atoms with Crippen molar-refractivity contribution >= 4 is 23.5 Å². The molecular formula is C15H17NO5. The summed E-state index contributed by atoms with van der Waals surface area (Å²) in [6.45, 7) is 5.14. The normalized spacial score (nSPS) is 11.3. The summed E-state index contributed by atoms with van der Waals surface area (Å²) in [5.74, 6) is -1.13. The largest absolute Gasteiger partial charge is 0.462 e. The molecule has 6 heteroatoms. The number of rotatable bonds is 6. The maximum Gasteiger partial charge on any atom is 0.341 e. The van der Waals surface area contributed by atoms with E-state index in [-0.39, 0.29) is 29.3 Å². The van der Waals surface area contributed by atoms with Gasteiger partial charge < -0.3 is 4.74 Å². The van der Waals surface area contributed by atoms with E-state index >= 15 is 0 Å². The third-order valence-corrected chi connectivity index (χ3v) is 2.58. The Kier molecular flexibility index (Phi) is 5.78. The molecule has 0 aliphatic heterocycles. The summed E-state index contributed by atoms with van der Waals surface area (Å²) in [7, 11) is 0. The van der Waals surface area contributed by atoms with E-state index in [4.69, 9.17) is 4.74 Å². The second kappa shape index (κ2) is 7.33. The monoisotopic (exact) mass is 291 g/mol. The van der Waals surface area contributed by atoms with Crippen LogP contribution in [0.1, 0.15) is 26.3 Å². The second-order valence-electron chi connectivity index (χ2n) is 4.92. The lowest BCUT2D eigenvalue weighted by molar-refractivity contribution is -0.385. The van der Waals surface area contributed by atoms with Crippen molar-refractivity contribution in [2.75, 3.05) is 6.61 Å². The molecule has 0 radical (unpaired) electrons. The van der Waals surface area contributed by atoms with Crippen molar-refractivity contribution in [3.05, 3.63) is 45.5 Å². The average Bonchev–Trinajstić information content (AvgIpc) is 2.42. The van der Waals surface area contributed by atoms with Crippen LogP contribution < -0.4 is 0 Å². The molecule has 0 N–H and O–H groups in total. The average molecular weight is 291 g/mol. The van der Waals surface area contributed by atoms with Crippen LogP contribution in [-0.4, -0.2) is 23.3 Å². The number of para-hydroxylation sites is 1. The van der Waals surface area contributed by atoms with Crippen LogP contribution >= 0.6 is 0 Å². The van der Waals surface area contributed by atoms with Crippen LogP contribution in [0.5, 0.6) is 0 Å². The Morgan fingerprint density at radius 3 is 2.48 bits per heavy atom. The molecule has 0 spiro atoms. The Morgan fingerprint density at radius 2 is 1.95 bits per heavy atom. The molecule has 0 aliphatic carbocycles. The van der Waals surface area contributed by atoms with Gasteiger partial charge in [0.15, 0.2) is 5.78 Å². The number of carbonyl (C=O) groups is 2. The molecule has 1 rings (SSSR count). The van der Waals surface area contributed by atoms with Crippen molar-refractivity contribution in [3.8, 4) is 0 Å². The van der Waals surface area contributed by atoms with Crippen LogP contribution in [0, 0.1) is 16.0 Å². The Labute approximate surface area is 122 Å². The van der Waals surface area contributed by atoms with Gasteiger partial charge in [0.05, 0.1) is 17.1 Å². The molecule has 21 heavy (non-hydrogen) atoms. The van der Waals surface area contributed by atoms with Gasteiger partial charge in [0, 0.05) is 6.07 Å². The van der Waals surface area contributed by atoms with Crippen molar-refractivity contribution in [3.63, 3.8) is 0 Å². The fourth-order valence-electron chi connectivity index (χ4n) is 1.56. The lowest BCUT2D eigenvalue weighted by atomic mass is 10.1. The lowest BCUT2D eigenvalue weighted by Gasteiger charge is -2.08. The number of ether oxygens (including phenoxy) is 1. The molecule has 0 aliphatic rings. The van der Waals surface area contributed by atoms with Gasteiger partial charge >= 0.3 is 5.97 Å². The van der Waals surface area contributed by atoms with Crippen LogP contribution in [0.15, 0.2) is 29.8 Å². The van der Waals surface area contributed by atoms with Crippen LogP contribution in [0.3, 0.4) is 0 Å². The molecule has 0 heterocycles. The molecular weight excluding hydrogens is 274 g/mol. The third kappa shape index (κ3) is 4.83. The zero-order valence-electron chi connectivity index (χ0n) is 12.2. The molecule has 1 aromatic rings. The van der Waals surface area contributed by atoms with Crippen LogP contribution in [0.25, 0.3) is 6.08 Å². The van der Waals surface area contributed by atoms with Crippen LogP contribution in [0.2, 0.25) is 0 Å². The van der Waals surface area contributed by atoms with E-state index in [1.54, 1.807) is 6.07 Å². The number of nitrogens with zero attached hydrogens (tertiary/aromatic N) is 1. The van der Waals surface area contributed by atoms with E-state index in [0.717, 1.165) is 0 Å². The van der Waals surface area contributed by atoms with E-state index in [1.165, 1.54) is 31.2 Å². The maximum atomic E-state index is 11.9. The second-order valence-corrected chi connectivity index (χ2v) is 4.92. The molecule has 0 fully saturated rings. The van der Waals surface area contributed by atoms with Crippen LogP contribution in [-0.2, 0) is 14.3 Å². The zero-order valence-corrected chi connectivity index (χ0v) is 12.2. The van der Waals surface area contributed by atoms with Crippen molar-refractivity contribution in [1.29, 1.82) is 0 Å².